The maximum atomic E-state index is 15.0. The number of rotatable bonds is 3. The summed E-state index contributed by atoms with van der Waals surface area (Å²) in [6.45, 7) is 2.24. The molecule has 160 valence electrons. The van der Waals surface area contributed by atoms with E-state index in [9.17, 15) is 8.78 Å². The summed E-state index contributed by atoms with van der Waals surface area (Å²) in [4.78, 5) is 0. The van der Waals surface area contributed by atoms with Gasteiger partial charge in [0.15, 0.2) is 0 Å². The van der Waals surface area contributed by atoms with Gasteiger partial charge in [0.05, 0.1) is 5.56 Å². The van der Waals surface area contributed by atoms with Crippen molar-refractivity contribution in [2.24, 2.45) is 5.92 Å². The fraction of sp³-hybridized carbons (Fsp3) is 0.333. The third kappa shape index (κ3) is 4.75. The lowest BCUT2D eigenvalue weighted by Crippen LogP contribution is -2.13. The van der Waals surface area contributed by atoms with Gasteiger partial charge in [0.2, 0.25) is 0 Å². The van der Waals surface area contributed by atoms with Gasteiger partial charge in [0, 0.05) is 10.9 Å². The Bertz CT molecular complexity index is 1140. The number of halogens is 4. The van der Waals surface area contributed by atoms with Crippen LogP contribution in [-0.4, -0.2) is 0 Å². The minimum absolute atomic E-state index is 0.105. The Hall–Kier alpha value is -2.44. The highest BCUT2D eigenvalue weighted by Gasteiger charge is 2.22. The molecule has 4 heteroatoms. The van der Waals surface area contributed by atoms with Crippen LogP contribution in [0.5, 0.6) is 0 Å². The summed E-state index contributed by atoms with van der Waals surface area (Å²) in [5, 5.41) is 0.778. The molecule has 4 rings (SSSR count). The lowest BCUT2D eigenvalue weighted by Gasteiger charge is -2.28. The van der Waals surface area contributed by atoms with Crippen molar-refractivity contribution in [1.29, 1.82) is 0 Å². The molecule has 1 aliphatic carbocycles. The van der Waals surface area contributed by atoms with Crippen molar-refractivity contribution in [3.05, 3.63) is 81.6 Å². The molecular weight excluding hydrogens is 417 g/mol. The summed E-state index contributed by atoms with van der Waals surface area (Å²) in [5.74, 6) is 4.51. The van der Waals surface area contributed by atoms with Crippen molar-refractivity contribution < 1.29 is 13.2 Å². The van der Waals surface area contributed by atoms with E-state index in [1.165, 1.54) is 44.1 Å². The zero-order valence-corrected chi connectivity index (χ0v) is 18.2. The standard InChI is InChI=1S/C27H24ClF3/c1-2-3-17-4-7-19(8-5-17)21-12-13-23-22(16-21)11-10-20(27(23)31)9-6-18-14-24(29)26(28)25(30)15-18/h10-17,19H,2-5,7-8H2,1H3. The lowest BCUT2D eigenvalue weighted by molar-refractivity contribution is 0.308. The maximum absolute atomic E-state index is 15.0. The molecule has 0 nitrogen and oxygen atoms in total. The van der Waals surface area contributed by atoms with Gasteiger partial charge in [0.1, 0.15) is 22.5 Å². The van der Waals surface area contributed by atoms with Gasteiger partial charge in [-0.05, 0) is 66.7 Å². The Kier molecular flexibility index (Phi) is 6.58. The normalized spacial score (nSPS) is 18.6. The van der Waals surface area contributed by atoms with E-state index in [4.69, 9.17) is 11.6 Å². The Morgan fingerprint density at radius 2 is 1.61 bits per heavy atom. The minimum Gasteiger partial charge on any atom is -0.205 e. The Labute approximate surface area is 186 Å². The Morgan fingerprint density at radius 3 is 2.29 bits per heavy atom. The molecule has 0 radical (unpaired) electrons. The number of benzene rings is 3. The van der Waals surface area contributed by atoms with Crippen LogP contribution in [0, 0.1) is 35.2 Å². The van der Waals surface area contributed by atoms with Crippen LogP contribution >= 0.6 is 11.6 Å². The topological polar surface area (TPSA) is 0 Å². The van der Waals surface area contributed by atoms with Gasteiger partial charge in [-0.1, -0.05) is 67.5 Å². The van der Waals surface area contributed by atoms with E-state index in [-0.39, 0.29) is 11.1 Å². The molecule has 0 saturated heterocycles. The number of hydrogen-bond acceptors (Lipinski definition) is 0. The molecule has 0 spiro atoms. The van der Waals surface area contributed by atoms with E-state index in [1.807, 2.05) is 18.2 Å². The monoisotopic (exact) mass is 440 g/mol. The first-order valence-electron chi connectivity index (χ1n) is 10.8. The molecule has 1 saturated carbocycles. The summed E-state index contributed by atoms with van der Waals surface area (Å²) in [6, 6.07) is 11.5. The van der Waals surface area contributed by atoms with E-state index >= 15 is 4.39 Å². The molecule has 3 aromatic rings. The summed E-state index contributed by atoms with van der Waals surface area (Å²) in [7, 11) is 0. The van der Waals surface area contributed by atoms with Gasteiger partial charge in [0.25, 0.3) is 0 Å². The summed E-state index contributed by atoms with van der Waals surface area (Å²) < 4.78 is 42.2. The van der Waals surface area contributed by atoms with Crippen LogP contribution in [0.4, 0.5) is 13.2 Å². The summed E-state index contributed by atoms with van der Waals surface area (Å²) in [6.07, 6.45) is 7.48. The van der Waals surface area contributed by atoms with E-state index in [0.717, 1.165) is 23.4 Å². The quantitative estimate of drug-likeness (QED) is 0.283. The average molecular weight is 441 g/mol. The summed E-state index contributed by atoms with van der Waals surface area (Å²) in [5.41, 5.74) is 1.57. The van der Waals surface area contributed by atoms with Gasteiger partial charge in [-0.2, -0.15) is 0 Å². The van der Waals surface area contributed by atoms with E-state index in [2.05, 4.69) is 24.8 Å². The van der Waals surface area contributed by atoms with Crippen molar-refractivity contribution >= 4 is 22.4 Å². The highest BCUT2D eigenvalue weighted by Crippen LogP contribution is 2.38. The molecule has 0 atom stereocenters. The number of hydrogen-bond donors (Lipinski definition) is 0. The minimum atomic E-state index is -0.888. The van der Waals surface area contributed by atoms with Gasteiger partial charge >= 0.3 is 0 Å². The van der Waals surface area contributed by atoms with Gasteiger partial charge in [-0.3, -0.25) is 0 Å². The largest absolute Gasteiger partial charge is 0.205 e. The first-order valence-corrected chi connectivity index (χ1v) is 11.2. The second-order valence-electron chi connectivity index (χ2n) is 8.42. The zero-order valence-electron chi connectivity index (χ0n) is 17.5. The van der Waals surface area contributed by atoms with Crippen LogP contribution in [0.1, 0.15) is 68.1 Å². The third-order valence-corrected chi connectivity index (χ3v) is 6.68. The molecule has 0 aromatic heterocycles. The van der Waals surface area contributed by atoms with Crippen molar-refractivity contribution in [2.45, 2.75) is 51.4 Å². The fourth-order valence-corrected chi connectivity index (χ4v) is 4.73. The first kappa shape index (κ1) is 21.8. The van der Waals surface area contributed by atoms with Crippen molar-refractivity contribution in [3.63, 3.8) is 0 Å². The number of fused-ring (bicyclic) bond motifs is 1. The molecule has 0 unspecified atom stereocenters. The molecule has 0 N–H and O–H groups in total. The molecule has 0 aliphatic heterocycles. The van der Waals surface area contributed by atoms with Crippen LogP contribution in [0.25, 0.3) is 10.8 Å². The molecule has 1 aliphatic rings. The molecule has 0 amide bonds. The Balaban J connectivity index is 1.57. The van der Waals surface area contributed by atoms with E-state index in [1.54, 1.807) is 6.07 Å². The van der Waals surface area contributed by atoms with Crippen LogP contribution in [0.15, 0.2) is 42.5 Å². The molecule has 3 aromatic carbocycles. The predicted octanol–water partition coefficient (Wildman–Crippen LogP) is 8.38. The Morgan fingerprint density at radius 1 is 0.903 bits per heavy atom. The average Bonchev–Trinajstić information content (AvgIpc) is 2.77. The van der Waals surface area contributed by atoms with Crippen LogP contribution in [0.3, 0.4) is 0 Å². The van der Waals surface area contributed by atoms with Crippen LogP contribution in [0.2, 0.25) is 5.02 Å². The molecular formula is C27H24ClF3. The van der Waals surface area contributed by atoms with Crippen LogP contribution in [-0.2, 0) is 0 Å². The molecule has 0 heterocycles. The highest BCUT2D eigenvalue weighted by atomic mass is 35.5. The fourth-order valence-electron chi connectivity index (χ4n) is 4.62. The molecule has 1 fully saturated rings. The SMILES string of the molecule is CCCC1CCC(c2ccc3c(F)c(C#Cc4cc(F)c(Cl)c(F)c4)ccc3c2)CC1. The van der Waals surface area contributed by atoms with E-state index < -0.39 is 22.5 Å². The van der Waals surface area contributed by atoms with Crippen molar-refractivity contribution in [1.82, 2.24) is 0 Å². The van der Waals surface area contributed by atoms with E-state index in [0.29, 0.717) is 11.3 Å². The van der Waals surface area contributed by atoms with Crippen molar-refractivity contribution in [2.75, 3.05) is 0 Å². The second-order valence-corrected chi connectivity index (χ2v) is 8.80. The van der Waals surface area contributed by atoms with Gasteiger partial charge < -0.3 is 0 Å². The van der Waals surface area contributed by atoms with Crippen molar-refractivity contribution in [3.8, 4) is 11.8 Å². The smallest absolute Gasteiger partial charge is 0.146 e. The second kappa shape index (κ2) is 9.37. The molecule has 0 bridgehead atoms. The van der Waals surface area contributed by atoms with Gasteiger partial charge in [-0.15, -0.1) is 0 Å². The lowest BCUT2D eigenvalue weighted by atomic mass is 9.77. The highest BCUT2D eigenvalue weighted by molar-refractivity contribution is 6.30. The molecule has 31 heavy (non-hydrogen) atoms. The summed E-state index contributed by atoms with van der Waals surface area (Å²) >= 11 is 5.49. The first-order chi connectivity index (χ1) is 15.0. The maximum Gasteiger partial charge on any atom is 0.146 e. The third-order valence-electron chi connectivity index (χ3n) is 6.32. The zero-order chi connectivity index (χ0) is 22.0. The predicted molar refractivity (Wildman–Crippen MR) is 121 cm³/mol. The van der Waals surface area contributed by atoms with Gasteiger partial charge in [-0.25, -0.2) is 13.2 Å². The van der Waals surface area contributed by atoms with Crippen LogP contribution < -0.4 is 0 Å².